The van der Waals surface area contributed by atoms with E-state index in [0.29, 0.717) is 0 Å². The van der Waals surface area contributed by atoms with E-state index >= 15 is 0 Å². The molecule has 1 N–H and O–H groups in total. The molecular weight excluding hydrogens is 216 g/mol. The van der Waals surface area contributed by atoms with Gasteiger partial charge in [0.05, 0.1) is 6.10 Å². The summed E-state index contributed by atoms with van der Waals surface area (Å²) in [6.45, 7) is 1.25. The molecule has 0 aliphatic rings. The van der Waals surface area contributed by atoms with E-state index in [1.54, 1.807) is 0 Å². The van der Waals surface area contributed by atoms with Crippen LogP contribution in [-0.4, -0.2) is 11.5 Å². The molecule has 84 valence electrons. The van der Waals surface area contributed by atoms with Gasteiger partial charge >= 0.3 is 6.36 Å². The topological polar surface area (TPSA) is 29.5 Å². The molecule has 0 radical (unpaired) electrons. The molecule has 2 nitrogen and oxygen atoms in total. The zero-order valence-corrected chi connectivity index (χ0v) is 7.68. The maximum Gasteiger partial charge on any atom is 0.573 e. The van der Waals surface area contributed by atoms with Crippen LogP contribution in [0.25, 0.3) is 0 Å². The Morgan fingerprint density at radius 3 is 2.40 bits per heavy atom. The van der Waals surface area contributed by atoms with Crippen LogP contribution in [0.1, 0.15) is 18.6 Å². The van der Waals surface area contributed by atoms with Crippen LogP contribution in [0, 0.1) is 5.82 Å². The highest BCUT2D eigenvalue weighted by Crippen LogP contribution is 2.27. The number of hydrogen-bond acceptors (Lipinski definition) is 2. The first-order chi connectivity index (χ1) is 6.79. The van der Waals surface area contributed by atoms with Gasteiger partial charge in [0.25, 0.3) is 0 Å². The van der Waals surface area contributed by atoms with Crippen molar-refractivity contribution in [1.82, 2.24) is 0 Å². The molecule has 1 unspecified atom stereocenters. The second-order valence-electron chi connectivity index (χ2n) is 2.91. The van der Waals surface area contributed by atoms with Gasteiger partial charge in [-0.05, 0) is 25.1 Å². The molecule has 15 heavy (non-hydrogen) atoms. The molecule has 0 fully saturated rings. The number of rotatable bonds is 2. The van der Waals surface area contributed by atoms with Crippen molar-refractivity contribution in [2.75, 3.05) is 0 Å². The lowest BCUT2D eigenvalue weighted by Crippen LogP contribution is -2.17. The maximum atomic E-state index is 13.0. The van der Waals surface area contributed by atoms with Crippen LogP contribution in [-0.2, 0) is 0 Å². The highest BCUT2D eigenvalue weighted by atomic mass is 19.4. The van der Waals surface area contributed by atoms with E-state index in [4.69, 9.17) is 5.11 Å². The number of ether oxygens (including phenoxy) is 1. The molecule has 0 aliphatic heterocycles. The van der Waals surface area contributed by atoms with Crippen LogP contribution in [0.3, 0.4) is 0 Å². The van der Waals surface area contributed by atoms with Gasteiger partial charge in [0.1, 0.15) is 11.6 Å². The normalized spacial score (nSPS) is 13.7. The summed E-state index contributed by atoms with van der Waals surface area (Å²) < 4.78 is 51.9. The molecule has 0 saturated heterocycles. The Morgan fingerprint density at radius 1 is 1.33 bits per heavy atom. The zero-order valence-electron chi connectivity index (χ0n) is 7.68. The molecular formula is C9H8F4O2. The van der Waals surface area contributed by atoms with Crippen molar-refractivity contribution in [2.45, 2.75) is 19.4 Å². The summed E-state index contributed by atoms with van der Waals surface area (Å²) in [5.41, 5.74) is -0.239. The third kappa shape index (κ3) is 3.39. The van der Waals surface area contributed by atoms with Gasteiger partial charge in [-0.3, -0.25) is 0 Å². The van der Waals surface area contributed by atoms with Gasteiger partial charge in [-0.2, -0.15) is 0 Å². The quantitative estimate of drug-likeness (QED) is 0.782. The smallest absolute Gasteiger partial charge is 0.406 e. The van der Waals surface area contributed by atoms with E-state index in [9.17, 15) is 17.6 Å². The average Bonchev–Trinajstić information content (AvgIpc) is 2.05. The second kappa shape index (κ2) is 4.06. The van der Waals surface area contributed by atoms with E-state index in [2.05, 4.69) is 4.74 Å². The van der Waals surface area contributed by atoms with E-state index in [-0.39, 0.29) is 5.56 Å². The fourth-order valence-corrected chi connectivity index (χ4v) is 1.04. The number of hydrogen-bond donors (Lipinski definition) is 1. The van der Waals surface area contributed by atoms with Gasteiger partial charge < -0.3 is 9.84 Å². The van der Waals surface area contributed by atoms with Crippen LogP contribution in [0.5, 0.6) is 5.75 Å². The minimum absolute atomic E-state index is 0.239. The highest BCUT2D eigenvalue weighted by molar-refractivity contribution is 5.31. The highest BCUT2D eigenvalue weighted by Gasteiger charge is 2.31. The van der Waals surface area contributed by atoms with Gasteiger partial charge in [0.15, 0.2) is 0 Å². The molecule has 0 amide bonds. The largest absolute Gasteiger partial charge is 0.573 e. The van der Waals surface area contributed by atoms with Gasteiger partial charge in [0, 0.05) is 5.56 Å². The summed E-state index contributed by atoms with van der Waals surface area (Å²) in [5, 5.41) is 9.05. The Balaban J connectivity index is 2.98. The number of aliphatic hydroxyl groups is 1. The molecule has 0 saturated carbocycles. The van der Waals surface area contributed by atoms with Gasteiger partial charge in [0.2, 0.25) is 0 Å². The fraction of sp³-hybridized carbons (Fsp3) is 0.333. The monoisotopic (exact) mass is 224 g/mol. The van der Waals surface area contributed by atoms with E-state index in [1.165, 1.54) is 6.92 Å². The Labute approximate surface area is 83.1 Å². The SMILES string of the molecule is CC(O)c1cc(OC(F)(F)F)ccc1F. The van der Waals surface area contributed by atoms with Gasteiger partial charge in [-0.15, -0.1) is 13.2 Å². The molecule has 1 atom stereocenters. The predicted molar refractivity (Wildman–Crippen MR) is 43.7 cm³/mol. The first-order valence-corrected chi connectivity index (χ1v) is 4.03. The van der Waals surface area contributed by atoms with Crippen molar-refractivity contribution >= 4 is 0 Å². The lowest BCUT2D eigenvalue weighted by molar-refractivity contribution is -0.274. The van der Waals surface area contributed by atoms with Gasteiger partial charge in [-0.25, -0.2) is 4.39 Å². The van der Waals surface area contributed by atoms with Crippen molar-refractivity contribution in [3.63, 3.8) is 0 Å². The third-order valence-electron chi connectivity index (χ3n) is 1.65. The summed E-state index contributed by atoms with van der Waals surface area (Å²) in [4.78, 5) is 0. The first-order valence-electron chi connectivity index (χ1n) is 4.03. The first kappa shape index (κ1) is 11.8. The second-order valence-corrected chi connectivity index (χ2v) is 2.91. The predicted octanol–water partition coefficient (Wildman–Crippen LogP) is 2.78. The van der Waals surface area contributed by atoms with Crippen molar-refractivity contribution < 1.29 is 27.4 Å². The minimum Gasteiger partial charge on any atom is -0.406 e. The molecule has 0 heterocycles. The van der Waals surface area contributed by atoms with E-state index in [1.807, 2.05) is 0 Å². The summed E-state index contributed by atoms with van der Waals surface area (Å²) in [6.07, 6.45) is -6.02. The van der Waals surface area contributed by atoms with Gasteiger partial charge in [-0.1, -0.05) is 0 Å². The van der Waals surface area contributed by atoms with Crippen molar-refractivity contribution in [2.24, 2.45) is 0 Å². The zero-order chi connectivity index (χ0) is 11.6. The number of alkyl halides is 3. The average molecular weight is 224 g/mol. The summed E-state index contributed by atoms with van der Waals surface area (Å²) in [6, 6.07) is 2.46. The molecule has 0 spiro atoms. The molecule has 1 aromatic carbocycles. The van der Waals surface area contributed by atoms with E-state index < -0.39 is 24.0 Å². The minimum atomic E-state index is -4.83. The Hall–Kier alpha value is -1.30. The maximum absolute atomic E-state index is 13.0. The van der Waals surface area contributed by atoms with Crippen LogP contribution in [0.4, 0.5) is 17.6 Å². The lowest BCUT2D eigenvalue weighted by atomic mass is 10.1. The Kier molecular flexibility index (Phi) is 3.18. The molecule has 0 bridgehead atoms. The van der Waals surface area contributed by atoms with E-state index in [0.717, 1.165) is 18.2 Å². The lowest BCUT2D eigenvalue weighted by Gasteiger charge is -2.11. The standard InChI is InChI=1S/C9H8F4O2/c1-5(14)7-4-6(2-3-8(7)10)15-9(11,12)13/h2-5,14H,1H3. The molecule has 1 rings (SSSR count). The molecule has 6 heteroatoms. The molecule has 0 aliphatic carbocycles. The number of benzene rings is 1. The van der Waals surface area contributed by atoms with Crippen LogP contribution in [0.15, 0.2) is 18.2 Å². The fourth-order valence-electron chi connectivity index (χ4n) is 1.04. The summed E-state index contributed by atoms with van der Waals surface area (Å²) in [7, 11) is 0. The Morgan fingerprint density at radius 2 is 1.93 bits per heavy atom. The van der Waals surface area contributed by atoms with Crippen molar-refractivity contribution in [3.8, 4) is 5.75 Å². The van der Waals surface area contributed by atoms with Crippen LogP contribution in [0.2, 0.25) is 0 Å². The molecule has 0 aromatic heterocycles. The number of aliphatic hydroxyl groups excluding tert-OH is 1. The van der Waals surface area contributed by atoms with Crippen LogP contribution >= 0.6 is 0 Å². The van der Waals surface area contributed by atoms with Crippen molar-refractivity contribution in [1.29, 1.82) is 0 Å². The summed E-state index contributed by atoms with van der Waals surface area (Å²) in [5.74, 6) is -1.33. The third-order valence-corrected chi connectivity index (χ3v) is 1.65. The number of halogens is 4. The molecule has 1 aromatic rings. The van der Waals surface area contributed by atoms with Crippen LogP contribution < -0.4 is 4.74 Å². The van der Waals surface area contributed by atoms with Crippen molar-refractivity contribution in [3.05, 3.63) is 29.6 Å². The summed E-state index contributed by atoms with van der Waals surface area (Å²) >= 11 is 0. The Bertz CT molecular complexity index is 346.